The lowest BCUT2D eigenvalue weighted by Crippen LogP contribution is -2.40. The van der Waals surface area contributed by atoms with Gasteiger partial charge in [0.1, 0.15) is 18.0 Å². The molecule has 0 saturated carbocycles. The van der Waals surface area contributed by atoms with Crippen molar-refractivity contribution in [1.29, 1.82) is 0 Å². The number of hydrogen-bond acceptors (Lipinski definition) is 4. The zero-order chi connectivity index (χ0) is 14.1. The first-order valence-electron chi connectivity index (χ1n) is 6.49. The van der Waals surface area contributed by atoms with Crippen molar-refractivity contribution in [3.8, 4) is 0 Å². The van der Waals surface area contributed by atoms with Crippen LogP contribution in [0.15, 0.2) is 6.33 Å². The van der Waals surface area contributed by atoms with Gasteiger partial charge in [0.2, 0.25) is 0 Å². The van der Waals surface area contributed by atoms with Crippen LogP contribution in [0.1, 0.15) is 53.0 Å². The van der Waals surface area contributed by atoms with Crippen LogP contribution in [0.3, 0.4) is 0 Å². The molecule has 18 heavy (non-hydrogen) atoms. The van der Waals surface area contributed by atoms with Crippen molar-refractivity contribution in [3.63, 3.8) is 0 Å². The number of nitrogens with two attached hydrogens (primary N) is 1. The van der Waals surface area contributed by atoms with Crippen molar-refractivity contribution in [2.45, 2.75) is 53.5 Å². The fraction of sp³-hybridized carbons (Fsp3) is 0.714. The van der Waals surface area contributed by atoms with E-state index in [1.54, 1.807) is 6.33 Å². The van der Waals surface area contributed by atoms with Crippen LogP contribution in [-0.4, -0.2) is 23.1 Å². The van der Waals surface area contributed by atoms with Gasteiger partial charge in [-0.3, -0.25) is 0 Å². The molecule has 0 aromatic carbocycles. The van der Waals surface area contributed by atoms with E-state index < -0.39 is 0 Å². The summed E-state index contributed by atoms with van der Waals surface area (Å²) in [4.78, 5) is 10.7. The van der Waals surface area contributed by atoms with Gasteiger partial charge in [-0.2, -0.15) is 0 Å². The molecule has 1 unspecified atom stereocenters. The summed E-state index contributed by atoms with van der Waals surface area (Å²) >= 11 is 0. The van der Waals surface area contributed by atoms with Gasteiger partial charge < -0.3 is 10.6 Å². The fourth-order valence-corrected chi connectivity index (χ4v) is 2.00. The molecule has 4 nitrogen and oxygen atoms in total. The maximum Gasteiger partial charge on any atom is 0.137 e. The van der Waals surface area contributed by atoms with Gasteiger partial charge in [-0.15, -0.1) is 0 Å². The van der Waals surface area contributed by atoms with Gasteiger partial charge >= 0.3 is 0 Å². The summed E-state index contributed by atoms with van der Waals surface area (Å²) in [7, 11) is 2.07. The highest BCUT2D eigenvalue weighted by Gasteiger charge is 2.27. The quantitative estimate of drug-likeness (QED) is 0.895. The average Bonchev–Trinajstić information content (AvgIpc) is 2.24. The van der Waals surface area contributed by atoms with Gasteiger partial charge in [0.15, 0.2) is 0 Å². The second kappa shape index (κ2) is 5.12. The van der Waals surface area contributed by atoms with Gasteiger partial charge in [0.05, 0.1) is 0 Å². The Kier molecular flexibility index (Phi) is 4.20. The molecule has 2 N–H and O–H groups in total. The van der Waals surface area contributed by atoms with Crippen LogP contribution in [0.5, 0.6) is 0 Å². The van der Waals surface area contributed by atoms with Gasteiger partial charge in [-0.1, -0.05) is 34.6 Å². The molecule has 0 radical (unpaired) electrons. The molecule has 0 aliphatic heterocycles. The van der Waals surface area contributed by atoms with Crippen molar-refractivity contribution in [2.24, 2.45) is 5.41 Å². The highest BCUT2D eigenvalue weighted by molar-refractivity contribution is 5.58. The smallest absolute Gasteiger partial charge is 0.137 e. The minimum Gasteiger partial charge on any atom is -0.383 e. The maximum atomic E-state index is 5.99. The standard InChI is InChI=1S/C14H26N4/c1-9(2)11-12(15)16-8-17-13(11)18(7)10(3)14(4,5)6/h8-10H,1-7H3,(H2,15,16,17). The van der Waals surface area contributed by atoms with Crippen LogP contribution in [0.2, 0.25) is 0 Å². The topological polar surface area (TPSA) is 55.0 Å². The van der Waals surface area contributed by atoms with E-state index in [0.717, 1.165) is 11.4 Å². The van der Waals surface area contributed by atoms with Crippen molar-refractivity contribution in [2.75, 3.05) is 17.7 Å². The molecular formula is C14H26N4. The molecule has 102 valence electrons. The number of hydrogen-bond donors (Lipinski definition) is 1. The molecule has 0 spiro atoms. The third-order valence-corrected chi connectivity index (χ3v) is 3.64. The van der Waals surface area contributed by atoms with Crippen LogP contribution in [0.25, 0.3) is 0 Å². The molecule has 0 saturated heterocycles. The molecule has 0 bridgehead atoms. The normalized spacial score (nSPS) is 13.8. The van der Waals surface area contributed by atoms with E-state index in [2.05, 4.69) is 63.5 Å². The maximum absolute atomic E-state index is 5.99. The SMILES string of the molecule is CC(C)c1c(N)ncnc1N(C)C(C)C(C)(C)C. The Balaban J connectivity index is 3.21. The number of anilines is 2. The molecule has 1 atom stereocenters. The van der Waals surface area contributed by atoms with Crippen molar-refractivity contribution in [1.82, 2.24) is 9.97 Å². The average molecular weight is 250 g/mol. The van der Waals surface area contributed by atoms with Gasteiger partial charge in [-0.05, 0) is 18.3 Å². The molecule has 1 aromatic heterocycles. The Morgan fingerprint density at radius 2 is 1.72 bits per heavy atom. The second-order valence-electron chi connectivity index (χ2n) is 6.30. The summed E-state index contributed by atoms with van der Waals surface area (Å²) in [5.41, 5.74) is 7.21. The van der Waals surface area contributed by atoms with Gasteiger partial charge in [-0.25, -0.2) is 9.97 Å². The zero-order valence-electron chi connectivity index (χ0n) is 12.7. The molecular weight excluding hydrogens is 224 g/mol. The summed E-state index contributed by atoms with van der Waals surface area (Å²) < 4.78 is 0. The van der Waals surface area contributed by atoms with Gasteiger partial charge in [0, 0.05) is 18.7 Å². The second-order valence-corrected chi connectivity index (χ2v) is 6.30. The first-order valence-corrected chi connectivity index (χ1v) is 6.49. The number of aromatic nitrogens is 2. The summed E-state index contributed by atoms with van der Waals surface area (Å²) in [6.07, 6.45) is 1.54. The Hall–Kier alpha value is -1.32. The fourth-order valence-electron chi connectivity index (χ4n) is 2.00. The third kappa shape index (κ3) is 2.92. The molecule has 0 amide bonds. The summed E-state index contributed by atoms with van der Waals surface area (Å²) in [6.45, 7) is 13.1. The molecule has 1 aromatic rings. The van der Waals surface area contributed by atoms with E-state index in [4.69, 9.17) is 5.73 Å². The Morgan fingerprint density at radius 3 is 2.17 bits per heavy atom. The Labute approximate surface area is 111 Å². The van der Waals surface area contributed by atoms with Crippen LogP contribution in [0, 0.1) is 5.41 Å². The largest absolute Gasteiger partial charge is 0.383 e. The van der Waals surface area contributed by atoms with Gasteiger partial charge in [0.25, 0.3) is 0 Å². The molecule has 1 heterocycles. The predicted molar refractivity (Wildman–Crippen MR) is 77.9 cm³/mol. The van der Waals surface area contributed by atoms with Crippen LogP contribution in [0.4, 0.5) is 11.6 Å². The minimum absolute atomic E-state index is 0.183. The van der Waals surface area contributed by atoms with E-state index in [1.807, 2.05) is 0 Å². The predicted octanol–water partition coefficient (Wildman–Crippen LogP) is 3.05. The number of rotatable bonds is 3. The summed E-state index contributed by atoms with van der Waals surface area (Å²) in [5.74, 6) is 1.85. The molecule has 0 aliphatic carbocycles. The van der Waals surface area contributed by atoms with Crippen molar-refractivity contribution >= 4 is 11.6 Å². The van der Waals surface area contributed by atoms with Crippen LogP contribution < -0.4 is 10.6 Å². The molecule has 0 aliphatic rings. The number of nitrogen functional groups attached to an aromatic ring is 1. The number of nitrogens with zero attached hydrogens (tertiary/aromatic N) is 3. The van der Waals surface area contributed by atoms with Crippen LogP contribution in [-0.2, 0) is 0 Å². The lowest BCUT2D eigenvalue weighted by Gasteiger charge is -2.37. The lowest BCUT2D eigenvalue weighted by atomic mass is 9.87. The molecule has 4 heteroatoms. The zero-order valence-corrected chi connectivity index (χ0v) is 12.7. The van der Waals surface area contributed by atoms with Crippen molar-refractivity contribution < 1.29 is 0 Å². The lowest BCUT2D eigenvalue weighted by molar-refractivity contribution is 0.328. The first-order chi connectivity index (χ1) is 8.16. The molecule has 1 rings (SSSR count). The first kappa shape index (κ1) is 14.7. The van der Waals surface area contributed by atoms with E-state index in [-0.39, 0.29) is 5.41 Å². The molecule has 0 fully saturated rings. The Bertz CT molecular complexity index is 407. The van der Waals surface area contributed by atoms with Crippen molar-refractivity contribution in [3.05, 3.63) is 11.9 Å². The van der Waals surface area contributed by atoms with Crippen LogP contribution >= 0.6 is 0 Å². The van der Waals surface area contributed by atoms with E-state index >= 15 is 0 Å². The third-order valence-electron chi connectivity index (χ3n) is 3.64. The summed E-state index contributed by atoms with van der Waals surface area (Å²) in [6, 6.07) is 0.365. The van der Waals surface area contributed by atoms with E-state index in [1.165, 1.54) is 0 Å². The van der Waals surface area contributed by atoms with E-state index in [9.17, 15) is 0 Å². The highest BCUT2D eigenvalue weighted by atomic mass is 15.2. The van der Waals surface area contributed by atoms with E-state index in [0.29, 0.717) is 17.8 Å². The monoisotopic (exact) mass is 250 g/mol. The Morgan fingerprint density at radius 1 is 1.17 bits per heavy atom. The minimum atomic E-state index is 0.183. The highest BCUT2D eigenvalue weighted by Crippen LogP contribution is 2.33. The summed E-state index contributed by atoms with van der Waals surface area (Å²) in [5, 5.41) is 0.